The van der Waals surface area contributed by atoms with Gasteiger partial charge in [0, 0.05) is 0 Å². The highest BCUT2D eigenvalue weighted by atomic mass is 16.3. The van der Waals surface area contributed by atoms with Gasteiger partial charge in [0.2, 0.25) is 0 Å². The third-order valence-corrected chi connectivity index (χ3v) is 6.31. The number of aliphatic hydroxyl groups is 1. The molecule has 0 saturated heterocycles. The van der Waals surface area contributed by atoms with Gasteiger partial charge in [-0.3, -0.25) is 0 Å². The first-order valence-electron chi connectivity index (χ1n) is 8.47. The van der Waals surface area contributed by atoms with Crippen molar-refractivity contribution in [2.75, 3.05) is 0 Å². The second kappa shape index (κ2) is 4.73. The summed E-state index contributed by atoms with van der Waals surface area (Å²) in [5, 5.41) is 11.5. The SMILES string of the molecule is CC(C)C1=CCC2=C(CCC3C(C)(C)CCC[C@]23O)C1. The van der Waals surface area contributed by atoms with Crippen molar-refractivity contribution in [1.82, 2.24) is 0 Å². The van der Waals surface area contributed by atoms with Crippen molar-refractivity contribution in [3.63, 3.8) is 0 Å². The van der Waals surface area contributed by atoms with Gasteiger partial charge in [0.25, 0.3) is 0 Å². The van der Waals surface area contributed by atoms with E-state index in [9.17, 15) is 5.11 Å². The molecule has 2 atom stereocenters. The first kappa shape index (κ1) is 14.4. The van der Waals surface area contributed by atoms with Crippen LogP contribution in [0.5, 0.6) is 0 Å². The maximum atomic E-state index is 11.5. The van der Waals surface area contributed by atoms with Crippen molar-refractivity contribution < 1.29 is 5.11 Å². The Balaban J connectivity index is 1.93. The second-order valence-electron chi connectivity index (χ2n) is 8.25. The van der Waals surface area contributed by atoms with E-state index in [-0.39, 0.29) is 0 Å². The van der Waals surface area contributed by atoms with Gasteiger partial charge in [-0.1, -0.05) is 44.9 Å². The van der Waals surface area contributed by atoms with Gasteiger partial charge in [0.1, 0.15) is 0 Å². The third kappa shape index (κ3) is 2.09. The molecule has 112 valence electrons. The molecular weight excluding hydrogens is 244 g/mol. The Bertz CT molecular complexity index is 466. The van der Waals surface area contributed by atoms with Crippen LogP contribution in [0.2, 0.25) is 0 Å². The van der Waals surface area contributed by atoms with Crippen molar-refractivity contribution in [1.29, 1.82) is 0 Å². The molecule has 0 bridgehead atoms. The van der Waals surface area contributed by atoms with Crippen LogP contribution in [-0.4, -0.2) is 10.7 Å². The Labute approximate surface area is 124 Å². The normalized spacial score (nSPS) is 36.5. The molecule has 0 aromatic carbocycles. The molecule has 20 heavy (non-hydrogen) atoms. The Kier molecular flexibility index (Phi) is 3.40. The molecule has 1 heteroatoms. The Morgan fingerprint density at radius 3 is 2.70 bits per heavy atom. The molecule has 1 N–H and O–H groups in total. The van der Waals surface area contributed by atoms with Gasteiger partial charge < -0.3 is 5.11 Å². The molecule has 0 radical (unpaired) electrons. The van der Waals surface area contributed by atoms with Crippen molar-refractivity contribution in [3.05, 3.63) is 22.8 Å². The van der Waals surface area contributed by atoms with Gasteiger partial charge in [-0.15, -0.1) is 0 Å². The van der Waals surface area contributed by atoms with E-state index < -0.39 is 5.60 Å². The van der Waals surface area contributed by atoms with E-state index in [1.807, 2.05) is 0 Å². The number of fused-ring (bicyclic) bond motifs is 2. The lowest BCUT2D eigenvalue weighted by molar-refractivity contribution is -0.0867. The topological polar surface area (TPSA) is 20.2 Å². The summed E-state index contributed by atoms with van der Waals surface area (Å²) in [7, 11) is 0. The minimum absolute atomic E-state index is 0.299. The summed E-state index contributed by atoms with van der Waals surface area (Å²) >= 11 is 0. The van der Waals surface area contributed by atoms with E-state index in [0.29, 0.717) is 17.3 Å². The fourth-order valence-corrected chi connectivity index (χ4v) is 5.08. The predicted molar refractivity (Wildman–Crippen MR) is 84.5 cm³/mol. The van der Waals surface area contributed by atoms with E-state index in [2.05, 4.69) is 33.8 Å². The zero-order chi connectivity index (χ0) is 14.5. The molecule has 1 saturated carbocycles. The third-order valence-electron chi connectivity index (χ3n) is 6.31. The molecule has 0 heterocycles. The number of hydrogen-bond donors (Lipinski definition) is 1. The second-order valence-corrected chi connectivity index (χ2v) is 8.25. The lowest BCUT2D eigenvalue weighted by Gasteiger charge is -2.54. The van der Waals surface area contributed by atoms with Crippen LogP contribution in [0.15, 0.2) is 22.8 Å². The van der Waals surface area contributed by atoms with E-state index in [4.69, 9.17) is 0 Å². The standard InChI is InChI=1S/C19H30O/c1-13(2)14-6-8-16-15(12-14)7-9-17-18(3,4)10-5-11-19(16,17)20/h6,13,17,20H,5,7-12H2,1-4H3/t17?,19-/m0/s1. The summed E-state index contributed by atoms with van der Waals surface area (Å²) in [5.74, 6) is 1.12. The Morgan fingerprint density at radius 1 is 1.25 bits per heavy atom. The van der Waals surface area contributed by atoms with Crippen molar-refractivity contribution in [2.45, 2.75) is 78.2 Å². The average molecular weight is 274 g/mol. The van der Waals surface area contributed by atoms with Gasteiger partial charge in [0.15, 0.2) is 0 Å². The minimum Gasteiger partial charge on any atom is -0.385 e. The predicted octanol–water partition coefficient (Wildman–Crippen LogP) is 5.01. The van der Waals surface area contributed by atoms with Gasteiger partial charge in [-0.2, -0.15) is 0 Å². The van der Waals surface area contributed by atoms with Crippen LogP contribution in [0, 0.1) is 17.3 Å². The van der Waals surface area contributed by atoms with Crippen LogP contribution in [0.25, 0.3) is 0 Å². The Hall–Kier alpha value is -0.560. The van der Waals surface area contributed by atoms with Crippen LogP contribution in [-0.2, 0) is 0 Å². The molecule has 0 spiro atoms. The van der Waals surface area contributed by atoms with E-state index in [1.165, 1.54) is 31.3 Å². The molecule has 1 fully saturated rings. The first-order valence-corrected chi connectivity index (χ1v) is 8.47. The number of hydrogen-bond acceptors (Lipinski definition) is 1. The van der Waals surface area contributed by atoms with Gasteiger partial charge in [-0.25, -0.2) is 0 Å². The maximum absolute atomic E-state index is 11.5. The summed E-state index contributed by atoms with van der Waals surface area (Å²) < 4.78 is 0. The summed E-state index contributed by atoms with van der Waals surface area (Å²) in [6.07, 6.45) is 10.4. The molecule has 3 aliphatic carbocycles. The largest absolute Gasteiger partial charge is 0.385 e. The summed E-state index contributed by atoms with van der Waals surface area (Å²) in [6.45, 7) is 9.32. The average Bonchev–Trinajstić information content (AvgIpc) is 2.37. The lowest BCUT2D eigenvalue weighted by Crippen LogP contribution is -2.52. The molecule has 1 unspecified atom stereocenters. The van der Waals surface area contributed by atoms with Crippen LogP contribution in [0.4, 0.5) is 0 Å². The zero-order valence-corrected chi connectivity index (χ0v) is 13.6. The smallest absolute Gasteiger partial charge is 0.0895 e. The highest BCUT2D eigenvalue weighted by Gasteiger charge is 2.52. The van der Waals surface area contributed by atoms with Gasteiger partial charge in [0.05, 0.1) is 5.60 Å². The quantitative estimate of drug-likeness (QED) is 0.666. The monoisotopic (exact) mass is 274 g/mol. The van der Waals surface area contributed by atoms with Crippen LogP contribution >= 0.6 is 0 Å². The van der Waals surface area contributed by atoms with Crippen molar-refractivity contribution in [2.24, 2.45) is 17.3 Å². The summed E-state index contributed by atoms with van der Waals surface area (Å²) in [4.78, 5) is 0. The van der Waals surface area contributed by atoms with E-state index in [0.717, 1.165) is 19.3 Å². The highest BCUT2D eigenvalue weighted by Crippen LogP contribution is 2.56. The molecule has 0 aromatic heterocycles. The molecule has 0 aromatic rings. The van der Waals surface area contributed by atoms with Gasteiger partial charge >= 0.3 is 0 Å². The molecular formula is C19H30O. The number of allylic oxidation sites excluding steroid dienone is 3. The maximum Gasteiger partial charge on any atom is 0.0895 e. The fourth-order valence-electron chi connectivity index (χ4n) is 5.08. The first-order chi connectivity index (χ1) is 9.34. The highest BCUT2D eigenvalue weighted by molar-refractivity contribution is 5.39. The lowest BCUT2D eigenvalue weighted by atomic mass is 9.53. The molecule has 0 amide bonds. The molecule has 3 rings (SSSR count). The molecule has 3 aliphatic rings. The summed E-state index contributed by atoms with van der Waals surface area (Å²) in [6, 6.07) is 0. The van der Waals surface area contributed by atoms with Crippen LogP contribution < -0.4 is 0 Å². The van der Waals surface area contributed by atoms with Crippen molar-refractivity contribution >= 4 is 0 Å². The van der Waals surface area contributed by atoms with E-state index in [1.54, 1.807) is 11.1 Å². The van der Waals surface area contributed by atoms with Gasteiger partial charge in [-0.05, 0) is 67.8 Å². The fraction of sp³-hybridized carbons (Fsp3) is 0.789. The van der Waals surface area contributed by atoms with Crippen molar-refractivity contribution in [3.8, 4) is 0 Å². The van der Waals surface area contributed by atoms with Crippen LogP contribution in [0.1, 0.15) is 72.6 Å². The number of rotatable bonds is 1. The minimum atomic E-state index is -0.492. The Morgan fingerprint density at radius 2 is 2.00 bits per heavy atom. The zero-order valence-electron chi connectivity index (χ0n) is 13.6. The van der Waals surface area contributed by atoms with E-state index >= 15 is 0 Å². The molecule has 0 aliphatic heterocycles. The molecule has 1 nitrogen and oxygen atoms in total. The summed E-state index contributed by atoms with van der Waals surface area (Å²) in [5.41, 5.74) is 4.38. The van der Waals surface area contributed by atoms with Crippen LogP contribution in [0.3, 0.4) is 0 Å².